The van der Waals surface area contributed by atoms with Crippen molar-refractivity contribution in [2.24, 2.45) is 0 Å². The standard InChI is InChI=1S/C9H10INO2/c10-11-8(9(12)13)6-7-4-2-1-3-5-7/h1-5,8,11H,6H2,(H,12,13)/t8-/m0/s1. The lowest BCUT2D eigenvalue weighted by Gasteiger charge is -2.09. The van der Waals surface area contributed by atoms with Crippen molar-refractivity contribution in [3.8, 4) is 0 Å². The highest BCUT2D eigenvalue weighted by atomic mass is 127. The van der Waals surface area contributed by atoms with Gasteiger partial charge >= 0.3 is 5.97 Å². The molecule has 3 nitrogen and oxygen atoms in total. The number of aliphatic carboxylic acids is 1. The summed E-state index contributed by atoms with van der Waals surface area (Å²) in [5.41, 5.74) is 1.03. The van der Waals surface area contributed by atoms with Crippen molar-refractivity contribution in [1.82, 2.24) is 3.53 Å². The maximum Gasteiger partial charge on any atom is 0.321 e. The van der Waals surface area contributed by atoms with Crippen LogP contribution < -0.4 is 3.53 Å². The van der Waals surface area contributed by atoms with Crippen LogP contribution >= 0.6 is 22.9 Å². The number of carboxylic acids is 1. The van der Waals surface area contributed by atoms with Gasteiger partial charge in [-0.05, 0) is 12.0 Å². The lowest BCUT2D eigenvalue weighted by molar-refractivity contribution is -0.138. The van der Waals surface area contributed by atoms with Gasteiger partial charge in [0.1, 0.15) is 6.04 Å². The van der Waals surface area contributed by atoms with Crippen LogP contribution in [0.5, 0.6) is 0 Å². The Morgan fingerprint density at radius 1 is 1.46 bits per heavy atom. The Labute approximate surface area is 90.7 Å². The molecule has 0 aliphatic heterocycles. The van der Waals surface area contributed by atoms with Crippen LogP contribution in [0.4, 0.5) is 0 Å². The Morgan fingerprint density at radius 2 is 2.08 bits per heavy atom. The molecular weight excluding hydrogens is 281 g/mol. The Morgan fingerprint density at radius 3 is 2.54 bits per heavy atom. The van der Waals surface area contributed by atoms with Crippen LogP contribution in [0, 0.1) is 0 Å². The fraction of sp³-hybridized carbons (Fsp3) is 0.222. The van der Waals surface area contributed by atoms with Crippen molar-refractivity contribution in [2.45, 2.75) is 12.5 Å². The van der Waals surface area contributed by atoms with E-state index < -0.39 is 12.0 Å². The van der Waals surface area contributed by atoms with E-state index in [9.17, 15) is 4.79 Å². The first-order valence-corrected chi connectivity index (χ1v) is 4.95. The molecule has 0 unspecified atom stereocenters. The molecule has 0 heterocycles. The molecule has 70 valence electrons. The number of benzene rings is 1. The average Bonchev–Trinajstić information content (AvgIpc) is 2.15. The van der Waals surface area contributed by atoms with Gasteiger partial charge in [0.05, 0.1) is 0 Å². The Balaban J connectivity index is 2.62. The largest absolute Gasteiger partial charge is 0.480 e. The van der Waals surface area contributed by atoms with E-state index in [-0.39, 0.29) is 0 Å². The number of halogens is 1. The van der Waals surface area contributed by atoms with Gasteiger partial charge in [-0.15, -0.1) is 0 Å². The van der Waals surface area contributed by atoms with Gasteiger partial charge in [0.2, 0.25) is 0 Å². The Hall–Kier alpha value is -0.620. The van der Waals surface area contributed by atoms with Crippen LogP contribution in [0.2, 0.25) is 0 Å². The molecule has 2 N–H and O–H groups in total. The van der Waals surface area contributed by atoms with Crippen LogP contribution in [0.25, 0.3) is 0 Å². The highest BCUT2D eigenvalue weighted by molar-refractivity contribution is 14.1. The van der Waals surface area contributed by atoms with Crippen LogP contribution in [0.15, 0.2) is 30.3 Å². The normalized spacial score (nSPS) is 12.4. The highest BCUT2D eigenvalue weighted by Gasteiger charge is 2.15. The van der Waals surface area contributed by atoms with E-state index in [1.54, 1.807) is 0 Å². The van der Waals surface area contributed by atoms with Crippen LogP contribution in [0.3, 0.4) is 0 Å². The third-order valence-corrected chi connectivity index (χ3v) is 2.46. The van der Waals surface area contributed by atoms with E-state index in [0.717, 1.165) is 5.56 Å². The molecule has 0 radical (unpaired) electrons. The molecule has 0 saturated carbocycles. The van der Waals surface area contributed by atoms with Crippen molar-refractivity contribution < 1.29 is 9.90 Å². The Bertz CT molecular complexity index is 276. The quantitative estimate of drug-likeness (QED) is 0.654. The van der Waals surface area contributed by atoms with E-state index >= 15 is 0 Å². The van der Waals surface area contributed by atoms with Gasteiger partial charge in [-0.25, -0.2) is 3.53 Å². The molecule has 0 spiro atoms. The molecule has 0 saturated heterocycles. The summed E-state index contributed by atoms with van der Waals surface area (Å²) in [6.07, 6.45) is 0.513. The molecule has 0 fully saturated rings. The third kappa shape index (κ3) is 3.31. The molecule has 0 aliphatic carbocycles. The second-order valence-corrected chi connectivity index (χ2v) is 3.31. The molecular formula is C9H10INO2. The summed E-state index contributed by atoms with van der Waals surface area (Å²) in [6.45, 7) is 0. The van der Waals surface area contributed by atoms with E-state index in [2.05, 4.69) is 3.53 Å². The summed E-state index contributed by atoms with van der Waals surface area (Å²) in [6, 6.07) is 9.05. The topological polar surface area (TPSA) is 49.3 Å². The van der Waals surface area contributed by atoms with Crippen LogP contribution in [-0.4, -0.2) is 17.1 Å². The number of nitrogens with one attached hydrogen (secondary N) is 1. The average molecular weight is 291 g/mol. The lowest BCUT2D eigenvalue weighted by atomic mass is 10.1. The van der Waals surface area contributed by atoms with Crippen molar-refractivity contribution in [3.63, 3.8) is 0 Å². The number of carboxylic acid groups (broad SMARTS) is 1. The zero-order valence-corrected chi connectivity index (χ0v) is 9.06. The minimum Gasteiger partial charge on any atom is -0.480 e. The van der Waals surface area contributed by atoms with Crippen molar-refractivity contribution in [2.75, 3.05) is 0 Å². The SMILES string of the molecule is O=C(O)[C@H](Cc1ccccc1)NI. The minimum absolute atomic E-state index is 0.511. The zero-order valence-electron chi connectivity index (χ0n) is 6.90. The summed E-state index contributed by atoms with van der Waals surface area (Å²) in [7, 11) is 0. The van der Waals surface area contributed by atoms with Gasteiger partial charge in [0.15, 0.2) is 0 Å². The minimum atomic E-state index is -0.821. The van der Waals surface area contributed by atoms with Gasteiger partial charge in [-0.1, -0.05) is 30.3 Å². The van der Waals surface area contributed by atoms with Gasteiger partial charge < -0.3 is 5.11 Å². The Kier molecular flexibility index (Phi) is 4.17. The molecule has 4 heteroatoms. The first kappa shape index (κ1) is 10.5. The van der Waals surface area contributed by atoms with E-state index in [0.29, 0.717) is 6.42 Å². The molecule has 0 bridgehead atoms. The van der Waals surface area contributed by atoms with Gasteiger partial charge in [-0.2, -0.15) is 0 Å². The van der Waals surface area contributed by atoms with Gasteiger partial charge in [0.25, 0.3) is 0 Å². The van der Waals surface area contributed by atoms with Crippen molar-refractivity contribution >= 4 is 28.8 Å². The monoisotopic (exact) mass is 291 g/mol. The fourth-order valence-corrected chi connectivity index (χ4v) is 1.51. The first-order valence-electron chi connectivity index (χ1n) is 3.87. The van der Waals surface area contributed by atoms with Crippen LogP contribution in [-0.2, 0) is 11.2 Å². The summed E-state index contributed by atoms with van der Waals surface area (Å²) in [5.74, 6) is -0.821. The first-order chi connectivity index (χ1) is 6.24. The molecule has 0 amide bonds. The van der Waals surface area contributed by atoms with E-state index in [1.807, 2.05) is 53.2 Å². The zero-order chi connectivity index (χ0) is 9.68. The molecule has 13 heavy (non-hydrogen) atoms. The highest BCUT2D eigenvalue weighted by Crippen LogP contribution is 2.04. The third-order valence-electron chi connectivity index (χ3n) is 1.71. The summed E-state index contributed by atoms with van der Waals surface area (Å²) < 4.78 is 2.72. The van der Waals surface area contributed by atoms with Crippen molar-refractivity contribution in [1.29, 1.82) is 0 Å². The predicted octanol–water partition coefficient (Wildman–Crippen LogP) is 1.62. The van der Waals surface area contributed by atoms with E-state index in [1.165, 1.54) is 0 Å². The summed E-state index contributed by atoms with van der Waals surface area (Å²) >= 11 is 1.86. The summed E-state index contributed by atoms with van der Waals surface area (Å²) in [4.78, 5) is 10.7. The van der Waals surface area contributed by atoms with E-state index in [4.69, 9.17) is 5.11 Å². The smallest absolute Gasteiger partial charge is 0.321 e. The fourth-order valence-electron chi connectivity index (χ4n) is 1.02. The lowest BCUT2D eigenvalue weighted by Crippen LogP contribution is -2.32. The maximum atomic E-state index is 10.7. The number of rotatable bonds is 4. The van der Waals surface area contributed by atoms with Crippen molar-refractivity contribution in [3.05, 3.63) is 35.9 Å². The molecule has 1 aromatic rings. The van der Waals surface area contributed by atoms with Gasteiger partial charge in [-0.3, -0.25) is 4.79 Å². The van der Waals surface area contributed by atoms with Crippen LogP contribution in [0.1, 0.15) is 5.56 Å². The summed E-state index contributed by atoms with van der Waals surface area (Å²) in [5, 5.41) is 8.77. The number of hydrogen-bond acceptors (Lipinski definition) is 2. The molecule has 1 atom stereocenters. The molecule has 0 aromatic heterocycles. The molecule has 1 aromatic carbocycles. The molecule has 0 aliphatic rings. The maximum absolute atomic E-state index is 10.7. The number of carbonyl (C=O) groups is 1. The number of hydrogen-bond donors (Lipinski definition) is 2. The predicted molar refractivity (Wildman–Crippen MR) is 58.7 cm³/mol. The second kappa shape index (κ2) is 5.18. The second-order valence-electron chi connectivity index (χ2n) is 2.69. The van der Waals surface area contributed by atoms with Gasteiger partial charge in [0, 0.05) is 22.9 Å². The molecule has 1 rings (SSSR count).